The Hall–Kier alpha value is 0.110. The Kier molecular flexibility index (Phi) is 3.35. The molecule has 0 atom stereocenters. The second-order valence-electron chi connectivity index (χ2n) is 2.79. The van der Waals surface area contributed by atoms with Crippen LogP contribution in [0, 0.1) is 5.92 Å². The van der Waals surface area contributed by atoms with Crippen LogP contribution >= 0.6 is 0 Å². The molecule has 1 aliphatic heterocycles. The van der Waals surface area contributed by atoms with E-state index in [-0.39, 0.29) is 0 Å². The molecule has 0 unspecified atom stereocenters. The second kappa shape index (κ2) is 4.09. The van der Waals surface area contributed by atoms with Crippen LogP contribution in [0.25, 0.3) is 5.32 Å². The van der Waals surface area contributed by atoms with E-state index >= 15 is 0 Å². The summed E-state index contributed by atoms with van der Waals surface area (Å²) in [5, 5.41) is 4.09. The predicted molar refractivity (Wildman–Crippen MR) is 44.8 cm³/mol. The molecule has 0 spiro atoms. The fourth-order valence-corrected chi connectivity index (χ4v) is 2.68. The molecule has 10 heavy (non-hydrogen) atoms. The Morgan fingerprint density at radius 1 is 1.50 bits per heavy atom. The first-order valence-corrected chi connectivity index (χ1v) is 5.22. The zero-order chi connectivity index (χ0) is 7.40. The Morgan fingerprint density at radius 3 is 2.60 bits per heavy atom. The van der Waals surface area contributed by atoms with Crippen molar-refractivity contribution in [3.05, 3.63) is 5.32 Å². The number of hydrogen-bond donors (Lipinski definition) is 0. The monoisotopic (exact) mass is 160 g/mol. The molecule has 0 amide bonds. The van der Waals surface area contributed by atoms with E-state index in [2.05, 4.69) is 5.32 Å². The molecule has 1 aliphatic rings. The zero-order valence-corrected chi connectivity index (χ0v) is 7.19. The molecule has 60 valence electrons. The molecule has 0 radical (unpaired) electrons. The lowest BCUT2D eigenvalue weighted by atomic mass is 10.0. The number of nitrogens with zero attached hydrogens (tertiary/aromatic N) is 1. The average molecular weight is 160 g/mol. The summed E-state index contributed by atoms with van der Waals surface area (Å²) in [4.78, 5) is 0. The van der Waals surface area contributed by atoms with Gasteiger partial charge in [-0.25, -0.2) is 0 Å². The van der Waals surface area contributed by atoms with Gasteiger partial charge in [0, 0.05) is 22.3 Å². The van der Waals surface area contributed by atoms with Crippen LogP contribution in [0.1, 0.15) is 12.8 Å². The van der Waals surface area contributed by atoms with Crippen LogP contribution < -0.4 is 0 Å². The number of rotatable bonds is 2. The van der Waals surface area contributed by atoms with Crippen LogP contribution in [0.3, 0.4) is 0 Å². The maximum atomic E-state index is 10.9. The molecule has 1 rings (SSSR count). The van der Waals surface area contributed by atoms with Gasteiger partial charge in [-0.2, -0.15) is 7.05 Å². The predicted octanol–water partition coefficient (Wildman–Crippen LogP) is 1.15. The maximum absolute atomic E-state index is 10.9. The second-order valence-corrected chi connectivity index (χ2v) is 4.49. The minimum Gasteiger partial charge on any atom is -0.665 e. The van der Waals surface area contributed by atoms with Crippen molar-refractivity contribution in [3.8, 4) is 0 Å². The van der Waals surface area contributed by atoms with Crippen molar-refractivity contribution in [2.75, 3.05) is 25.1 Å². The highest BCUT2D eigenvalue weighted by atomic mass is 32.2. The largest absolute Gasteiger partial charge is 0.665 e. The van der Waals surface area contributed by atoms with Crippen LogP contribution in [0.2, 0.25) is 0 Å². The fourth-order valence-electron chi connectivity index (χ4n) is 1.28. The molecular weight excluding hydrogens is 146 g/mol. The van der Waals surface area contributed by atoms with Crippen LogP contribution in [0.5, 0.6) is 0 Å². The summed E-state index contributed by atoms with van der Waals surface area (Å²) >= 11 is 0. The molecule has 1 heterocycles. The van der Waals surface area contributed by atoms with Gasteiger partial charge in [0.15, 0.2) is 0 Å². The van der Waals surface area contributed by atoms with Crippen LogP contribution in [-0.4, -0.2) is 29.3 Å². The van der Waals surface area contributed by atoms with Gasteiger partial charge in [-0.15, -0.1) is 6.54 Å². The van der Waals surface area contributed by atoms with Gasteiger partial charge in [-0.05, 0) is 12.8 Å². The van der Waals surface area contributed by atoms with Crippen LogP contribution in [0.15, 0.2) is 0 Å². The van der Waals surface area contributed by atoms with Crippen molar-refractivity contribution in [3.63, 3.8) is 0 Å². The molecule has 0 aliphatic carbocycles. The van der Waals surface area contributed by atoms with Crippen molar-refractivity contribution < 1.29 is 4.21 Å². The normalized spacial score (nSPS) is 34.1. The number of hydrogen-bond acceptors (Lipinski definition) is 1. The molecule has 3 heteroatoms. The first-order chi connectivity index (χ1) is 4.83. The summed E-state index contributed by atoms with van der Waals surface area (Å²) < 4.78 is 10.9. The third-order valence-corrected chi connectivity index (χ3v) is 3.33. The summed E-state index contributed by atoms with van der Waals surface area (Å²) in [7, 11) is 1.35. The van der Waals surface area contributed by atoms with Gasteiger partial charge in [0.25, 0.3) is 0 Å². The third kappa shape index (κ3) is 2.39. The van der Waals surface area contributed by atoms with E-state index in [0.29, 0.717) is 0 Å². The molecule has 0 saturated carbocycles. The van der Waals surface area contributed by atoms with Crippen molar-refractivity contribution in [2.24, 2.45) is 5.92 Å². The molecule has 0 aromatic carbocycles. The molecule has 0 aromatic heterocycles. The van der Waals surface area contributed by atoms with Gasteiger partial charge in [-0.3, -0.25) is 4.21 Å². The van der Waals surface area contributed by atoms with Crippen LogP contribution in [-0.2, 0) is 10.8 Å². The first-order valence-electron chi connectivity index (χ1n) is 3.73. The Morgan fingerprint density at radius 2 is 2.10 bits per heavy atom. The van der Waals surface area contributed by atoms with Gasteiger partial charge in [0.05, 0.1) is 0 Å². The topological polar surface area (TPSA) is 31.2 Å². The summed E-state index contributed by atoms with van der Waals surface area (Å²) in [5.41, 5.74) is 0. The lowest BCUT2D eigenvalue weighted by Gasteiger charge is -2.26. The molecule has 1 saturated heterocycles. The molecule has 1 fully saturated rings. The Labute approximate surface area is 64.8 Å². The Bertz CT molecular complexity index is 117. The quantitative estimate of drug-likeness (QED) is 0.596. The summed E-state index contributed by atoms with van der Waals surface area (Å²) in [6.45, 7) is 0.969. The Balaban J connectivity index is 2.19. The van der Waals surface area contributed by atoms with E-state index in [9.17, 15) is 4.21 Å². The van der Waals surface area contributed by atoms with E-state index < -0.39 is 10.8 Å². The maximum Gasteiger partial charge on any atom is 0.0236 e. The lowest BCUT2D eigenvalue weighted by molar-refractivity contribution is 0.510. The van der Waals surface area contributed by atoms with E-state index in [1.165, 1.54) is 0 Å². The van der Waals surface area contributed by atoms with Crippen LogP contribution in [0.4, 0.5) is 0 Å². The van der Waals surface area contributed by atoms with Gasteiger partial charge in [0.1, 0.15) is 0 Å². The minimum absolute atomic E-state index is 0.506. The van der Waals surface area contributed by atoms with E-state index in [4.69, 9.17) is 0 Å². The standard InChI is InChI=1S/C7H14NOS/c1-8-6-7-2-4-10(9)5-3-7/h7H,2-6H2,1H3/q-1. The third-order valence-electron chi connectivity index (χ3n) is 1.95. The van der Waals surface area contributed by atoms with Gasteiger partial charge in [0.2, 0.25) is 0 Å². The van der Waals surface area contributed by atoms with Crippen molar-refractivity contribution in [1.82, 2.24) is 0 Å². The molecule has 0 aromatic rings. The van der Waals surface area contributed by atoms with Crippen molar-refractivity contribution in [1.29, 1.82) is 0 Å². The van der Waals surface area contributed by atoms with Crippen molar-refractivity contribution in [2.45, 2.75) is 12.8 Å². The highest BCUT2D eigenvalue weighted by molar-refractivity contribution is 7.85. The zero-order valence-electron chi connectivity index (χ0n) is 6.38. The lowest BCUT2D eigenvalue weighted by Crippen LogP contribution is -2.20. The minimum atomic E-state index is -0.506. The first kappa shape index (κ1) is 8.21. The molecule has 2 nitrogen and oxygen atoms in total. The fraction of sp³-hybridized carbons (Fsp3) is 1.00. The van der Waals surface area contributed by atoms with Crippen molar-refractivity contribution >= 4 is 10.8 Å². The summed E-state index contributed by atoms with van der Waals surface area (Å²) in [6.07, 6.45) is 2.23. The smallest absolute Gasteiger partial charge is 0.0236 e. The van der Waals surface area contributed by atoms with E-state index in [1.54, 1.807) is 0 Å². The average Bonchev–Trinajstić information content (AvgIpc) is 1.95. The summed E-state index contributed by atoms with van der Waals surface area (Å²) in [5.74, 6) is 2.53. The highest BCUT2D eigenvalue weighted by Crippen LogP contribution is 2.17. The van der Waals surface area contributed by atoms with Gasteiger partial charge >= 0.3 is 0 Å². The highest BCUT2D eigenvalue weighted by Gasteiger charge is 2.13. The van der Waals surface area contributed by atoms with E-state index in [0.717, 1.165) is 36.8 Å². The van der Waals surface area contributed by atoms with Gasteiger partial charge < -0.3 is 5.32 Å². The van der Waals surface area contributed by atoms with Gasteiger partial charge in [-0.1, -0.05) is 5.92 Å². The molecular formula is C7H14NOS-. The molecule has 0 bridgehead atoms. The summed E-state index contributed by atoms with van der Waals surface area (Å²) in [6, 6.07) is 0. The van der Waals surface area contributed by atoms with E-state index in [1.807, 2.05) is 7.05 Å². The molecule has 0 N–H and O–H groups in total. The SMILES string of the molecule is C[N-]CC1CCS(=O)CC1.